The van der Waals surface area contributed by atoms with E-state index in [-0.39, 0.29) is 0 Å². The Labute approximate surface area is 317 Å². The molecule has 0 fully saturated rings. The van der Waals surface area contributed by atoms with Gasteiger partial charge in [0.2, 0.25) is 5.89 Å². The maximum Gasteiger partial charge on any atom is 0.227 e. The summed E-state index contributed by atoms with van der Waals surface area (Å²) in [4.78, 5) is 7.43. The zero-order valence-corrected chi connectivity index (χ0v) is 29.8. The van der Waals surface area contributed by atoms with Gasteiger partial charge in [-0.1, -0.05) is 127 Å². The lowest BCUT2D eigenvalue weighted by Crippen LogP contribution is -2.10. The summed E-state index contributed by atoms with van der Waals surface area (Å²) in [5.41, 5.74) is 11.6. The van der Waals surface area contributed by atoms with Gasteiger partial charge in [0.15, 0.2) is 5.58 Å². The molecule has 2 heterocycles. The number of fused-ring (bicyclic) bond motifs is 7. The number of aromatic nitrogens is 2. The molecule has 4 heteroatoms. The Kier molecular flexibility index (Phi) is 7.14. The highest BCUT2D eigenvalue weighted by Gasteiger charge is 2.21. The Hall–Kier alpha value is -7.43. The molecule has 0 saturated carbocycles. The van der Waals surface area contributed by atoms with Gasteiger partial charge in [0.1, 0.15) is 5.52 Å². The molecule has 11 rings (SSSR count). The summed E-state index contributed by atoms with van der Waals surface area (Å²) < 4.78 is 8.70. The van der Waals surface area contributed by atoms with Crippen molar-refractivity contribution in [1.82, 2.24) is 9.55 Å². The van der Waals surface area contributed by atoms with Crippen LogP contribution in [0, 0.1) is 0 Å². The molecular formula is C51H33N3O. The number of hydrogen-bond donors (Lipinski definition) is 0. The second kappa shape index (κ2) is 12.6. The van der Waals surface area contributed by atoms with Crippen LogP contribution in [-0.4, -0.2) is 9.55 Å². The van der Waals surface area contributed by atoms with Crippen LogP contribution in [0.25, 0.3) is 82.7 Å². The fourth-order valence-corrected chi connectivity index (χ4v) is 8.28. The highest BCUT2D eigenvalue weighted by atomic mass is 16.3. The maximum absolute atomic E-state index is 6.32. The number of hydrogen-bond acceptors (Lipinski definition) is 3. The third-order valence-electron chi connectivity index (χ3n) is 10.8. The van der Waals surface area contributed by atoms with E-state index < -0.39 is 0 Å². The van der Waals surface area contributed by atoms with Crippen molar-refractivity contribution in [3.63, 3.8) is 0 Å². The van der Waals surface area contributed by atoms with Gasteiger partial charge in [0.05, 0.1) is 16.7 Å². The predicted molar refractivity (Wildman–Crippen MR) is 229 cm³/mol. The quantitative estimate of drug-likeness (QED) is 0.173. The van der Waals surface area contributed by atoms with E-state index in [1.54, 1.807) is 0 Å². The maximum atomic E-state index is 6.32. The monoisotopic (exact) mass is 703 g/mol. The van der Waals surface area contributed by atoms with Crippen molar-refractivity contribution < 1.29 is 4.42 Å². The minimum atomic E-state index is 0.619. The second-order valence-electron chi connectivity index (χ2n) is 14.0. The molecule has 0 N–H and O–H groups in total. The zero-order chi connectivity index (χ0) is 36.3. The summed E-state index contributed by atoms with van der Waals surface area (Å²) in [6.07, 6.45) is 0. The molecule has 0 saturated heterocycles. The Balaban J connectivity index is 1.14. The summed E-state index contributed by atoms with van der Waals surface area (Å²) in [7, 11) is 0. The Bertz CT molecular complexity index is 3190. The van der Waals surface area contributed by atoms with E-state index in [2.05, 4.69) is 179 Å². The van der Waals surface area contributed by atoms with Crippen LogP contribution in [0.4, 0.5) is 17.1 Å². The van der Waals surface area contributed by atoms with Gasteiger partial charge in [-0.25, -0.2) is 4.98 Å². The van der Waals surface area contributed by atoms with Gasteiger partial charge in [-0.3, -0.25) is 0 Å². The molecule has 55 heavy (non-hydrogen) atoms. The molecule has 0 radical (unpaired) electrons. The van der Waals surface area contributed by atoms with Crippen LogP contribution in [0.3, 0.4) is 0 Å². The molecule has 0 amide bonds. The molecule has 258 valence electrons. The predicted octanol–water partition coefficient (Wildman–Crippen LogP) is 14.0. The normalized spacial score (nSPS) is 11.6. The van der Waals surface area contributed by atoms with Gasteiger partial charge in [-0.2, -0.15) is 0 Å². The van der Waals surface area contributed by atoms with Crippen LogP contribution in [0.15, 0.2) is 205 Å². The molecule has 0 spiro atoms. The number of oxazole rings is 1. The lowest BCUT2D eigenvalue weighted by Gasteiger charge is -2.27. The van der Waals surface area contributed by atoms with Crippen LogP contribution < -0.4 is 4.90 Å². The van der Waals surface area contributed by atoms with Gasteiger partial charge in [0, 0.05) is 44.2 Å². The van der Waals surface area contributed by atoms with Crippen molar-refractivity contribution in [2.45, 2.75) is 0 Å². The SMILES string of the molecule is c1ccc(-c2nc3c(ccc4c(N(c5ccc(-c6cccc7ccccc67)cc5)c5ccc6c7ccccc7n(-c7ccccc7)c6c5)cccc43)o2)cc1. The van der Waals surface area contributed by atoms with Crippen molar-refractivity contribution in [2.24, 2.45) is 0 Å². The number of nitrogens with zero attached hydrogens (tertiary/aromatic N) is 3. The van der Waals surface area contributed by atoms with Crippen molar-refractivity contribution in [1.29, 1.82) is 0 Å². The summed E-state index contributed by atoms with van der Waals surface area (Å²) in [5, 5.41) is 7.05. The Morgan fingerprint density at radius 1 is 0.436 bits per heavy atom. The standard InChI is InChI=1S/C51H33N3O/c1-3-14-36(15-4-1)51-52-50-45-22-12-24-46(44(45)31-32-49(50)55-51)53(38-27-25-35(26-28-38)41-21-11-16-34-13-7-8-19-40(34)41)39-29-30-43-42-20-9-10-23-47(42)54(48(43)33-39)37-17-5-2-6-18-37/h1-33H. The van der Waals surface area contributed by atoms with Crippen molar-refractivity contribution in [3.05, 3.63) is 200 Å². The number of para-hydroxylation sites is 2. The minimum Gasteiger partial charge on any atom is -0.436 e. The van der Waals surface area contributed by atoms with Crippen LogP contribution >= 0.6 is 0 Å². The summed E-state index contributed by atoms with van der Waals surface area (Å²) in [5.74, 6) is 0.619. The first-order chi connectivity index (χ1) is 27.3. The van der Waals surface area contributed by atoms with Gasteiger partial charge in [-0.05, 0) is 94.7 Å². The van der Waals surface area contributed by atoms with Crippen molar-refractivity contribution >= 4 is 71.5 Å². The van der Waals surface area contributed by atoms with Gasteiger partial charge < -0.3 is 13.9 Å². The molecule has 0 aliphatic heterocycles. The molecule has 11 aromatic rings. The third kappa shape index (κ3) is 5.11. The molecule has 2 aromatic heterocycles. The summed E-state index contributed by atoms with van der Waals surface area (Å²) >= 11 is 0. The average molecular weight is 704 g/mol. The second-order valence-corrected chi connectivity index (χ2v) is 14.0. The van der Waals surface area contributed by atoms with Crippen LogP contribution in [0.2, 0.25) is 0 Å². The Morgan fingerprint density at radius 3 is 1.95 bits per heavy atom. The molecular weight excluding hydrogens is 671 g/mol. The van der Waals surface area contributed by atoms with E-state index in [9.17, 15) is 0 Å². The van der Waals surface area contributed by atoms with Crippen LogP contribution in [0.5, 0.6) is 0 Å². The lowest BCUT2D eigenvalue weighted by molar-refractivity contribution is 0.620. The highest BCUT2D eigenvalue weighted by Crippen LogP contribution is 2.44. The van der Waals surface area contributed by atoms with E-state index in [1.807, 2.05) is 30.3 Å². The fraction of sp³-hybridized carbons (Fsp3) is 0. The number of benzene rings is 9. The molecule has 0 atom stereocenters. The molecule has 0 bridgehead atoms. The molecule has 0 unspecified atom stereocenters. The van der Waals surface area contributed by atoms with Gasteiger partial charge >= 0.3 is 0 Å². The first kappa shape index (κ1) is 31.1. The topological polar surface area (TPSA) is 34.2 Å². The Morgan fingerprint density at radius 2 is 1.09 bits per heavy atom. The summed E-state index contributed by atoms with van der Waals surface area (Å²) in [6, 6.07) is 71.1. The van der Waals surface area contributed by atoms with E-state index in [0.717, 1.165) is 55.7 Å². The van der Waals surface area contributed by atoms with E-state index in [1.165, 1.54) is 38.2 Å². The van der Waals surface area contributed by atoms with Crippen molar-refractivity contribution in [3.8, 4) is 28.3 Å². The van der Waals surface area contributed by atoms with Crippen LogP contribution in [0.1, 0.15) is 0 Å². The highest BCUT2D eigenvalue weighted by molar-refractivity contribution is 6.13. The van der Waals surface area contributed by atoms with Gasteiger partial charge in [-0.15, -0.1) is 0 Å². The molecule has 4 nitrogen and oxygen atoms in total. The summed E-state index contributed by atoms with van der Waals surface area (Å²) in [6.45, 7) is 0. The molecule has 0 aliphatic carbocycles. The van der Waals surface area contributed by atoms with Crippen molar-refractivity contribution in [2.75, 3.05) is 4.90 Å². The molecule has 9 aromatic carbocycles. The molecule has 0 aliphatic rings. The third-order valence-corrected chi connectivity index (χ3v) is 10.8. The van der Waals surface area contributed by atoms with Crippen LogP contribution in [-0.2, 0) is 0 Å². The smallest absolute Gasteiger partial charge is 0.227 e. The zero-order valence-electron chi connectivity index (χ0n) is 29.8. The van der Waals surface area contributed by atoms with E-state index in [4.69, 9.17) is 9.40 Å². The first-order valence-electron chi connectivity index (χ1n) is 18.6. The van der Waals surface area contributed by atoms with E-state index in [0.29, 0.717) is 5.89 Å². The fourth-order valence-electron chi connectivity index (χ4n) is 8.28. The average Bonchev–Trinajstić information content (AvgIpc) is 3.85. The minimum absolute atomic E-state index is 0.619. The number of rotatable bonds is 6. The van der Waals surface area contributed by atoms with E-state index >= 15 is 0 Å². The lowest BCUT2D eigenvalue weighted by atomic mass is 9.98. The first-order valence-corrected chi connectivity index (χ1v) is 18.6. The number of anilines is 3. The van der Waals surface area contributed by atoms with Gasteiger partial charge in [0.25, 0.3) is 0 Å². The largest absolute Gasteiger partial charge is 0.436 e.